The lowest BCUT2D eigenvalue weighted by Crippen LogP contribution is -2.16. The number of pyridine rings is 1. The molecule has 122 valence electrons. The molecule has 2 N–H and O–H groups in total. The van der Waals surface area contributed by atoms with E-state index in [1.54, 1.807) is 4.57 Å². The maximum absolute atomic E-state index is 12.7. The first-order chi connectivity index (χ1) is 11.0. The lowest BCUT2D eigenvalue weighted by molar-refractivity contribution is -0.0321. The molecule has 2 atom stereocenters. The Hall–Kier alpha value is -2.26. The van der Waals surface area contributed by atoms with Crippen LogP contribution in [-0.2, 0) is 14.5 Å². The van der Waals surface area contributed by atoms with Gasteiger partial charge >= 0.3 is 5.97 Å². The number of aromatic carboxylic acids is 1. The van der Waals surface area contributed by atoms with Gasteiger partial charge in [0, 0.05) is 19.0 Å². The number of hydrogen-bond donors (Lipinski definition) is 2. The van der Waals surface area contributed by atoms with Crippen LogP contribution in [0.15, 0.2) is 40.9 Å². The molecule has 0 amide bonds. The van der Waals surface area contributed by atoms with Crippen LogP contribution in [0.1, 0.15) is 35.8 Å². The Kier molecular flexibility index (Phi) is 4.14. The van der Waals surface area contributed by atoms with E-state index in [0.29, 0.717) is 6.61 Å². The fourth-order valence-electron chi connectivity index (χ4n) is 2.37. The van der Waals surface area contributed by atoms with Gasteiger partial charge in [0.25, 0.3) is 0 Å². The Labute approximate surface area is 133 Å². The SMILES string of the molecule is N=S(=O)(c1ccc(C(=O)O)cn1)c1cn(C2CCCCO2)cn1. The number of nitrogens with zero attached hydrogens (tertiary/aromatic N) is 3. The molecular formula is C14H16N4O4S. The predicted molar refractivity (Wildman–Crippen MR) is 79.7 cm³/mol. The number of carboxylic acid groups (broad SMARTS) is 1. The van der Waals surface area contributed by atoms with E-state index in [1.165, 1.54) is 24.7 Å². The minimum Gasteiger partial charge on any atom is -0.478 e. The van der Waals surface area contributed by atoms with Gasteiger partial charge in [0.15, 0.2) is 5.03 Å². The molecule has 3 rings (SSSR count). The minimum atomic E-state index is -3.39. The van der Waals surface area contributed by atoms with Gasteiger partial charge in [-0.25, -0.2) is 23.8 Å². The van der Waals surface area contributed by atoms with Crippen molar-refractivity contribution in [1.82, 2.24) is 14.5 Å². The summed E-state index contributed by atoms with van der Waals surface area (Å²) in [4.78, 5) is 18.7. The summed E-state index contributed by atoms with van der Waals surface area (Å²) in [5.41, 5.74) is -0.0231. The van der Waals surface area contributed by atoms with Crippen LogP contribution in [0, 0.1) is 4.78 Å². The molecule has 2 aromatic heterocycles. The summed E-state index contributed by atoms with van der Waals surface area (Å²) >= 11 is 0. The number of carbonyl (C=O) groups is 1. The molecule has 23 heavy (non-hydrogen) atoms. The van der Waals surface area contributed by atoms with Crippen LogP contribution in [0.3, 0.4) is 0 Å². The van der Waals surface area contributed by atoms with Gasteiger partial charge in [-0.05, 0) is 31.4 Å². The second-order valence-electron chi connectivity index (χ2n) is 5.23. The van der Waals surface area contributed by atoms with Crippen molar-refractivity contribution in [3.8, 4) is 0 Å². The summed E-state index contributed by atoms with van der Waals surface area (Å²) < 4.78 is 28.2. The smallest absolute Gasteiger partial charge is 0.337 e. The van der Waals surface area contributed by atoms with Crippen LogP contribution >= 0.6 is 0 Å². The summed E-state index contributed by atoms with van der Waals surface area (Å²) in [6.07, 6.45) is 6.90. The largest absolute Gasteiger partial charge is 0.478 e. The first-order valence-corrected chi connectivity index (χ1v) is 8.67. The third-order valence-corrected chi connectivity index (χ3v) is 5.27. The Morgan fingerprint density at radius 1 is 1.35 bits per heavy atom. The summed E-state index contributed by atoms with van der Waals surface area (Å²) in [5, 5.41) is 8.92. The standard InChI is InChI=1S/C14H16N4O4S/c15-23(21,11-5-4-10(7-16-11)14(19)20)12-8-18(9-17-12)13-3-1-2-6-22-13/h4-5,7-9,13,15H,1-3,6H2,(H,19,20). The van der Waals surface area contributed by atoms with Gasteiger partial charge in [-0.15, -0.1) is 0 Å². The third kappa shape index (κ3) is 3.10. The van der Waals surface area contributed by atoms with Crippen molar-refractivity contribution in [1.29, 1.82) is 4.78 Å². The van der Waals surface area contributed by atoms with Crippen LogP contribution in [0.5, 0.6) is 0 Å². The summed E-state index contributed by atoms with van der Waals surface area (Å²) in [7, 11) is -3.39. The van der Waals surface area contributed by atoms with Crippen molar-refractivity contribution in [2.75, 3.05) is 6.61 Å². The molecule has 3 heterocycles. The maximum Gasteiger partial charge on any atom is 0.337 e. The Balaban J connectivity index is 1.87. The Morgan fingerprint density at radius 2 is 2.17 bits per heavy atom. The zero-order chi connectivity index (χ0) is 16.4. The summed E-state index contributed by atoms with van der Waals surface area (Å²) in [6, 6.07) is 2.56. The molecule has 1 fully saturated rings. The van der Waals surface area contributed by atoms with Crippen molar-refractivity contribution >= 4 is 15.7 Å². The van der Waals surface area contributed by atoms with Crippen LogP contribution in [0.4, 0.5) is 0 Å². The fraction of sp³-hybridized carbons (Fsp3) is 0.357. The van der Waals surface area contributed by atoms with E-state index in [1.807, 2.05) is 0 Å². The van der Waals surface area contributed by atoms with Gasteiger partial charge in [-0.2, -0.15) is 0 Å². The van der Waals surface area contributed by atoms with Crippen LogP contribution in [0.25, 0.3) is 0 Å². The molecule has 9 heteroatoms. The molecular weight excluding hydrogens is 320 g/mol. The Morgan fingerprint density at radius 3 is 2.78 bits per heavy atom. The van der Waals surface area contributed by atoms with E-state index >= 15 is 0 Å². The molecule has 0 aromatic carbocycles. The van der Waals surface area contributed by atoms with Gasteiger partial charge in [0.2, 0.25) is 0 Å². The van der Waals surface area contributed by atoms with E-state index in [0.717, 1.165) is 25.5 Å². The molecule has 0 spiro atoms. The van der Waals surface area contributed by atoms with Gasteiger partial charge in [-0.3, -0.25) is 0 Å². The highest BCUT2D eigenvalue weighted by atomic mass is 32.2. The lowest BCUT2D eigenvalue weighted by Gasteiger charge is -2.23. The first-order valence-electron chi connectivity index (χ1n) is 7.12. The third-order valence-electron chi connectivity index (χ3n) is 3.64. The topological polar surface area (TPSA) is 118 Å². The zero-order valence-electron chi connectivity index (χ0n) is 12.2. The van der Waals surface area contributed by atoms with E-state index < -0.39 is 15.7 Å². The minimum absolute atomic E-state index is 0.0164. The molecule has 2 unspecified atom stereocenters. The molecule has 0 saturated carbocycles. The number of ether oxygens (including phenoxy) is 1. The van der Waals surface area contributed by atoms with E-state index in [9.17, 15) is 9.00 Å². The number of imidazole rings is 1. The zero-order valence-corrected chi connectivity index (χ0v) is 13.0. The van der Waals surface area contributed by atoms with E-state index in [2.05, 4.69) is 9.97 Å². The average molecular weight is 336 g/mol. The van der Waals surface area contributed by atoms with Crippen LogP contribution < -0.4 is 0 Å². The number of carboxylic acids is 1. The van der Waals surface area contributed by atoms with Crippen molar-refractivity contribution < 1.29 is 18.8 Å². The molecule has 0 radical (unpaired) electrons. The van der Waals surface area contributed by atoms with Crippen molar-refractivity contribution in [3.05, 3.63) is 36.4 Å². The van der Waals surface area contributed by atoms with E-state index in [-0.39, 0.29) is 21.8 Å². The first kappa shape index (κ1) is 15.6. The predicted octanol–water partition coefficient (Wildman–Crippen LogP) is 2.14. The number of hydrogen-bond acceptors (Lipinski definition) is 6. The van der Waals surface area contributed by atoms with Gasteiger partial charge < -0.3 is 14.4 Å². The highest BCUT2D eigenvalue weighted by Gasteiger charge is 2.22. The van der Waals surface area contributed by atoms with Crippen molar-refractivity contribution in [2.45, 2.75) is 35.5 Å². The van der Waals surface area contributed by atoms with E-state index in [4.69, 9.17) is 14.6 Å². The molecule has 0 bridgehead atoms. The number of nitrogens with one attached hydrogen (secondary N) is 1. The van der Waals surface area contributed by atoms with Gasteiger partial charge in [-0.1, -0.05) is 0 Å². The number of rotatable bonds is 4. The monoisotopic (exact) mass is 336 g/mol. The molecule has 1 aliphatic heterocycles. The quantitative estimate of drug-likeness (QED) is 0.883. The summed E-state index contributed by atoms with van der Waals surface area (Å²) in [5.74, 6) is -1.13. The molecule has 0 aliphatic carbocycles. The highest BCUT2D eigenvalue weighted by Crippen LogP contribution is 2.25. The molecule has 1 saturated heterocycles. The Bertz CT molecular complexity index is 808. The van der Waals surface area contributed by atoms with Gasteiger partial charge in [0.05, 0.1) is 11.9 Å². The molecule has 1 aliphatic rings. The van der Waals surface area contributed by atoms with Crippen LogP contribution in [0.2, 0.25) is 0 Å². The van der Waals surface area contributed by atoms with Crippen molar-refractivity contribution in [3.63, 3.8) is 0 Å². The maximum atomic E-state index is 12.7. The fourth-order valence-corrected chi connectivity index (χ4v) is 3.51. The molecule has 8 nitrogen and oxygen atoms in total. The normalized spacial score (nSPS) is 20.8. The van der Waals surface area contributed by atoms with Crippen LogP contribution in [-0.4, -0.2) is 36.4 Å². The summed E-state index contributed by atoms with van der Waals surface area (Å²) in [6.45, 7) is 0.673. The average Bonchev–Trinajstić information content (AvgIpc) is 3.06. The highest BCUT2D eigenvalue weighted by molar-refractivity contribution is 7.92. The number of aromatic nitrogens is 3. The second kappa shape index (κ2) is 6.09. The lowest BCUT2D eigenvalue weighted by atomic mass is 10.2. The second-order valence-corrected chi connectivity index (χ2v) is 7.18. The van der Waals surface area contributed by atoms with Crippen molar-refractivity contribution in [2.24, 2.45) is 0 Å². The molecule has 2 aromatic rings. The van der Waals surface area contributed by atoms with Gasteiger partial charge in [0.1, 0.15) is 21.0 Å².